The summed E-state index contributed by atoms with van der Waals surface area (Å²) in [6, 6.07) is 3.42. The van der Waals surface area contributed by atoms with E-state index in [0.29, 0.717) is 0 Å². The molecule has 1 saturated heterocycles. The molecule has 0 aromatic heterocycles. The average Bonchev–Trinajstić information content (AvgIpc) is 2.44. The first kappa shape index (κ1) is 17.6. The van der Waals surface area contributed by atoms with E-state index in [2.05, 4.69) is 10.1 Å². The van der Waals surface area contributed by atoms with Crippen LogP contribution in [0.2, 0.25) is 0 Å². The highest BCUT2D eigenvalue weighted by atomic mass is 19.3. The van der Waals surface area contributed by atoms with E-state index in [1.54, 1.807) is 0 Å². The molecule has 0 bridgehead atoms. The smallest absolute Gasteiger partial charge is 0.350 e. The van der Waals surface area contributed by atoms with Crippen molar-refractivity contribution in [2.45, 2.75) is 26.1 Å². The molecule has 9 heteroatoms. The molecule has 1 aliphatic heterocycles. The number of alkyl halides is 2. The van der Waals surface area contributed by atoms with Gasteiger partial charge in [-0.3, -0.25) is 0 Å². The van der Waals surface area contributed by atoms with Gasteiger partial charge in [0.2, 0.25) is 0 Å². The first-order valence-electron chi connectivity index (χ1n) is 6.82. The van der Waals surface area contributed by atoms with Crippen LogP contribution in [0.1, 0.15) is 13.8 Å². The molecule has 130 valence electrons. The van der Waals surface area contributed by atoms with E-state index in [0.717, 1.165) is 18.3 Å². The molecule has 1 aliphatic rings. The Morgan fingerprint density at radius 3 is 2.42 bits per heavy atom. The van der Waals surface area contributed by atoms with Crippen LogP contribution in [-0.4, -0.2) is 30.8 Å². The summed E-state index contributed by atoms with van der Waals surface area (Å²) in [5.41, 5.74) is -0.234. The third kappa shape index (κ3) is 4.40. The van der Waals surface area contributed by atoms with Gasteiger partial charge in [0.15, 0.2) is 17.1 Å². The molecule has 0 aliphatic carbocycles. The molecule has 6 nitrogen and oxygen atoms in total. The van der Waals surface area contributed by atoms with E-state index < -0.39 is 42.1 Å². The number of carbonyl (C=O) groups is 2. The quantitative estimate of drug-likeness (QED) is 0.502. The molecular weight excluding hydrogens is 331 g/mol. The fraction of sp³-hybridized carbons (Fsp3) is 0.333. The topological polar surface area (TPSA) is 73.9 Å². The van der Waals surface area contributed by atoms with Gasteiger partial charge in [-0.15, -0.1) is 0 Å². The lowest BCUT2D eigenvalue weighted by Crippen LogP contribution is -2.42. The Morgan fingerprint density at radius 2 is 1.88 bits per heavy atom. The minimum atomic E-state index is -2.72. The molecule has 0 saturated carbocycles. The van der Waals surface area contributed by atoms with E-state index in [9.17, 15) is 22.8 Å². The van der Waals surface area contributed by atoms with Gasteiger partial charge in [0.25, 0.3) is 12.2 Å². The van der Waals surface area contributed by atoms with Crippen LogP contribution in [-0.2, 0) is 19.1 Å². The number of carbonyl (C=O) groups excluding carboxylic acids is 2. The Balaban J connectivity index is 2.07. The van der Waals surface area contributed by atoms with Crippen LogP contribution < -0.4 is 10.1 Å². The highest BCUT2D eigenvalue weighted by Crippen LogP contribution is 2.24. The molecule has 1 N–H and O–H groups in total. The Morgan fingerprint density at radius 1 is 1.25 bits per heavy atom. The fourth-order valence-corrected chi connectivity index (χ4v) is 1.79. The maximum atomic E-state index is 13.7. The third-order valence-corrected chi connectivity index (χ3v) is 2.80. The number of hydrogen-bond donors (Lipinski definition) is 1. The van der Waals surface area contributed by atoms with Crippen molar-refractivity contribution in [2.24, 2.45) is 0 Å². The van der Waals surface area contributed by atoms with Gasteiger partial charge in [-0.25, -0.2) is 22.8 Å². The number of nitrogens with one attached hydrogen (secondary N) is 1. The molecule has 2 rings (SSSR count). The molecule has 0 amide bonds. The molecule has 0 spiro atoms. The Bertz CT molecular complexity index is 666. The summed E-state index contributed by atoms with van der Waals surface area (Å²) in [5.74, 6) is -4.36. The Hall–Kier alpha value is -2.71. The summed E-state index contributed by atoms with van der Waals surface area (Å²) in [6.07, 6.45) is -1.71. The minimum absolute atomic E-state index is 0.162. The van der Waals surface area contributed by atoms with Crippen molar-refractivity contribution >= 4 is 17.6 Å². The minimum Gasteiger partial charge on any atom is -0.485 e. The van der Waals surface area contributed by atoms with E-state index >= 15 is 0 Å². The third-order valence-electron chi connectivity index (χ3n) is 2.80. The summed E-state index contributed by atoms with van der Waals surface area (Å²) < 4.78 is 52.1. The number of esters is 2. The van der Waals surface area contributed by atoms with Crippen LogP contribution in [0.3, 0.4) is 0 Å². The zero-order chi connectivity index (χ0) is 17.9. The maximum Gasteiger partial charge on any atom is 0.350 e. The van der Waals surface area contributed by atoms with Crippen LogP contribution in [0.5, 0.6) is 5.75 Å². The van der Waals surface area contributed by atoms with Crippen LogP contribution in [0.4, 0.5) is 18.9 Å². The predicted octanol–water partition coefficient (Wildman–Crippen LogP) is 2.60. The summed E-state index contributed by atoms with van der Waals surface area (Å²) in [7, 11) is 0. The SMILES string of the molecule is CC1(C)OC(=O)C(=CNc2ccc(OCC(F)F)c(F)c2)C(=O)O1. The first-order valence-corrected chi connectivity index (χ1v) is 6.82. The second-order valence-electron chi connectivity index (χ2n) is 5.23. The number of cyclic esters (lactones) is 2. The van der Waals surface area contributed by atoms with Crippen molar-refractivity contribution in [2.75, 3.05) is 11.9 Å². The molecule has 0 atom stereocenters. The second kappa shape index (κ2) is 6.81. The number of benzene rings is 1. The molecule has 1 aromatic rings. The van der Waals surface area contributed by atoms with E-state index in [1.165, 1.54) is 19.9 Å². The van der Waals surface area contributed by atoms with Crippen molar-refractivity contribution in [3.05, 3.63) is 35.8 Å². The van der Waals surface area contributed by atoms with Crippen LogP contribution >= 0.6 is 0 Å². The summed E-state index contributed by atoms with van der Waals surface area (Å²) >= 11 is 0. The molecule has 1 fully saturated rings. The number of ether oxygens (including phenoxy) is 3. The molecule has 0 radical (unpaired) electrons. The molecule has 1 aromatic carbocycles. The normalized spacial score (nSPS) is 16.5. The molecule has 1 heterocycles. The average molecular weight is 345 g/mol. The molecule has 24 heavy (non-hydrogen) atoms. The zero-order valence-corrected chi connectivity index (χ0v) is 12.8. The predicted molar refractivity (Wildman–Crippen MR) is 75.9 cm³/mol. The van der Waals surface area contributed by atoms with Gasteiger partial charge in [0, 0.05) is 31.8 Å². The summed E-state index contributed by atoms with van der Waals surface area (Å²) in [6.45, 7) is 1.88. The number of rotatable bonds is 5. The Labute approximate surface area is 135 Å². The summed E-state index contributed by atoms with van der Waals surface area (Å²) in [5, 5.41) is 2.53. The molecular formula is C15H14F3NO5. The lowest BCUT2D eigenvalue weighted by molar-refractivity contribution is -0.222. The largest absolute Gasteiger partial charge is 0.485 e. The number of halogens is 3. The zero-order valence-electron chi connectivity index (χ0n) is 12.8. The number of anilines is 1. The number of hydrogen-bond acceptors (Lipinski definition) is 6. The van der Waals surface area contributed by atoms with Gasteiger partial charge in [-0.05, 0) is 12.1 Å². The van der Waals surface area contributed by atoms with Gasteiger partial charge in [0.05, 0.1) is 0 Å². The molecule has 0 unspecified atom stereocenters. The second-order valence-corrected chi connectivity index (χ2v) is 5.23. The van der Waals surface area contributed by atoms with Crippen LogP contribution in [0.15, 0.2) is 30.0 Å². The fourth-order valence-electron chi connectivity index (χ4n) is 1.79. The van der Waals surface area contributed by atoms with E-state index in [-0.39, 0.29) is 11.4 Å². The summed E-state index contributed by atoms with van der Waals surface area (Å²) in [4.78, 5) is 23.4. The van der Waals surface area contributed by atoms with Crippen molar-refractivity contribution < 1.29 is 37.0 Å². The van der Waals surface area contributed by atoms with Crippen LogP contribution in [0.25, 0.3) is 0 Å². The van der Waals surface area contributed by atoms with Gasteiger partial charge < -0.3 is 19.5 Å². The lowest BCUT2D eigenvalue weighted by atomic mass is 10.2. The van der Waals surface area contributed by atoms with Gasteiger partial charge >= 0.3 is 11.9 Å². The standard InChI is InChI=1S/C15H14F3NO5/c1-15(2)23-13(20)9(14(21)24-15)6-19-8-3-4-11(10(16)5-8)22-7-12(17)18/h3-6,12,19H,7H2,1-2H3. The van der Waals surface area contributed by atoms with Crippen LogP contribution in [0, 0.1) is 5.82 Å². The van der Waals surface area contributed by atoms with Gasteiger partial charge in [-0.1, -0.05) is 0 Å². The van der Waals surface area contributed by atoms with Gasteiger partial charge in [-0.2, -0.15) is 0 Å². The Kier molecular flexibility index (Phi) is 5.01. The van der Waals surface area contributed by atoms with Crippen molar-refractivity contribution in [1.29, 1.82) is 0 Å². The van der Waals surface area contributed by atoms with Crippen molar-refractivity contribution in [3.8, 4) is 5.75 Å². The lowest BCUT2D eigenvalue weighted by Gasteiger charge is -2.29. The highest BCUT2D eigenvalue weighted by molar-refractivity contribution is 6.15. The van der Waals surface area contributed by atoms with Gasteiger partial charge in [0.1, 0.15) is 6.61 Å². The highest BCUT2D eigenvalue weighted by Gasteiger charge is 2.38. The van der Waals surface area contributed by atoms with Crippen molar-refractivity contribution in [1.82, 2.24) is 0 Å². The van der Waals surface area contributed by atoms with Crippen molar-refractivity contribution in [3.63, 3.8) is 0 Å². The van der Waals surface area contributed by atoms with E-state index in [1.807, 2.05) is 0 Å². The maximum absolute atomic E-state index is 13.7. The van der Waals surface area contributed by atoms with E-state index in [4.69, 9.17) is 9.47 Å². The first-order chi connectivity index (χ1) is 11.2. The monoisotopic (exact) mass is 345 g/mol.